The van der Waals surface area contributed by atoms with Gasteiger partial charge in [-0.1, -0.05) is 0 Å². The Bertz CT molecular complexity index is 957. The molecule has 0 bridgehead atoms. The van der Waals surface area contributed by atoms with E-state index in [1.807, 2.05) is 6.07 Å². The van der Waals surface area contributed by atoms with Crippen molar-refractivity contribution in [1.82, 2.24) is 9.97 Å². The number of hydrogen-bond acceptors (Lipinski definition) is 6. The molecule has 0 saturated heterocycles. The summed E-state index contributed by atoms with van der Waals surface area (Å²) in [6.07, 6.45) is 1.27. The van der Waals surface area contributed by atoms with Crippen LogP contribution in [0.15, 0.2) is 54.9 Å². The van der Waals surface area contributed by atoms with E-state index in [0.717, 1.165) is 12.1 Å². The van der Waals surface area contributed by atoms with Crippen molar-refractivity contribution in [2.45, 2.75) is 0 Å². The fourth-order valence-corrected chi connectivity index (χ4v) is 2.32. The van der Waals surface area contributed by atoms with Gasteiger partial charge in [-0.25, -0.2) is 18.7 Å². The van der Waals surface area contributed by atoms with Crippen LogP contribution in [0, 0.1) is 23.0 Å². The second kappa shape index (κ2) is 7.44. The van der Waals surface area contributed by atoms with Crippen molar-refractivity contribution in [3.05, 3.63) is 66.5 Å². The van der Waals surface area contributed by atoms with E-state index in [4.69, 9.17) is 5.26 Å². The van der Waals surface area contributed by atoms with E-state index in [2.05, 4.69) is 15.3 Å². The first-order valence-corrected chi connectivity index (χ1v) is 7.54. The lowest BCUT2D eigenvalue weighted by Gasteiger charge is -2.21. The highest BCUT2D eigenvalue weighted by Gasteiger charge is 2.16. The number of nitrogens with zero attached hydrogens (tertiary/aromatic N) is 4. The van der Waals surface area contributed by atoms with Crippen molar-refractivity contribution < 1.29 is 13.9 Å². The molecule has 0 aliphatic carbocycles. The maximum Gasteiger partial charge on any atom is 0.149 e. The van der Waals surface area contributed by atoms with Crippen molar-refractivity contribution in [3.8, 4) is 11.8 Å². The van der Waals surface area contributed by atoms with Crippen LogP contribution in [-0.2, 0) is 0 Å². The normalized spacial score (nSPS) is 10.2. The van der Waals surface area contributed by atoms with E-state index >= 15 is 0 Å². The number of nitrogens with one attached hydrogen (secondary N) is 1. The highest BCUT2D eigenvalue weighted by Crippen LogP contribution is 2.28. The molecular formula is C18H13F2N5O. The number of nitriles is 1. The van der Waals surface area contributed by atoms with E-state index in [1.165, 1.54) is 35.5 Å². The molecule has 3 aromatic rings. The lowest BCUT2D eigenvalue weighted by Crippen LogP contribution is -2.20. The van der Waals surface area contributed by atoms with Crippen LogP contribution in [0.25, 0.3) is 0 Å². The maximum absolute atomic E-state index is 14.1. The fraction of sp³-hybridized carbons (Fsp3) is 0.0556. The minimum atomic E-state index is -0.799. The molecule has 0 aliphatic heterocycles. The Morgan fingerprint density at radius 1 is 1.08 bits per heavy atom. The van der Waals surface area contributed by atoms with Gasteiger partial charge >= 0.3 is 0 Å². The average molecular weight is 353 g/mol. The minimum absolute atomic E-state index is 0.0298. The molecule has 0 unspecified atom stereocenters. The molecule has 0 atom stereocenters. The Hall–Kier alpha value is -3.73. The van der Waals surface area contributed by atoms with Gasteiger partial charge in [-0.15, -0.1) is 0 Å². The summed E-state index contributed by atoms with van der Waals surface area (Å²) in [6, 6.07) is 12.9. The van der Waals surface area contributed by atoms with Crippen molar-refractivity contribution in [1.29, 1.82) is 5.26 Å². The largest absolute Gasteiger partial charge is 0.508 e. The standard InChI is InChI=1S/C18H13F2N5O/c19-12-1-6-16(15(20)9-12)25(8-7-21)18-10-17(22-11-23-18)24-13-2-4-14(26)5-3-13/h1-6,9-11,26H,8H2,(H,22,23,24). The molecule has 1 aromatic heterocycles. The van der Waals surface area contributed by atoms with Gasteiger partial charge in [-0.05, 0) is 36.4 Å². The molecule has 26 heavy (non-hydrogen) atoms. The van der Waals surface area contributed by atoms with Gasteiger partial charge in [0.05, 0.1) is 11.8 Å². The molecule has 2 aromatic carbocycles. The SMILES string of the molecule is N#CCN(c1cc(Nc2ccc(O)cc2)ncn1)c1ccc(F)cc1F. The Morgan fingerprint density at radius 3 is 2.54 bits per heavy atom. The van der Waals surface area contributed by atoms with E-state index in [0.29, 0.717) is 11.5 Å². The number of phenolic OH excluding ortho intramolecular Hbond substituents is 1. The third kappa shape index (κ3) is 3.84. The molecule has 0 saturated carbocycles. The van der Waals surface area contributed by atoms with Crippen LogP contribution in [0.2, 0.25) is 0 Å². The Kier molecular flexibility index (Phi) is 4.90. The van der Waals surface area contributed by atoms with Crippen LogP contribution in [-0.4, -0.2) is 21.6 Å². The number of phenols is 1. The number of aromatic nitrogens is 2. The molecule has 8 heteroatoms. The van der Waals surface area contributed by atoms with Gasteiger partial charge in [0.2, 0.25) is 0 Å². The summed E-state index contributed by atoms with van der Waals surface area (Å²) in [6.45, 7) is -0.182. The van der Waals surface area contributed by atoms with Crippen LogP contribution < -0.4 is 10.2 Å². The summed E-state index contributed by atoms with van der Waals surface area (Å²) >= 11 is 0. The van der Waals surface area contributed by atoms with E-state index in [9.17, 15) is 13.9 Å². The van der Waals surface area contributed by atoms with Crippen LogP contribution in [0.1, 0.15) is 0 Å². The maximum atomic E-state index is 14.1. The van der Waals surface area contributed by atoms with Crippen molar-refractivity contribution >= 4 is 23.0 Å². The molecule has 0 fully saturated rings. The first kappa shape index (κ1) is 17.1. The summed E-state index contributed by atoms with van der Waals surface area (Å²) < 4.78 is 27.3. The quantitative estimate of drug-likeness (QED) is 0.535. The molecule has 3 rings (SSSR count). The summed E-state index contributed by atoms with van der Waals surface area (Å²) in [5.41, 5.74) is 0.703. The van der Waals surface area contributed by atoms with E-state index in [1.54, 1.807) is 12.1 Å². The molecule has 1 heterocycles. The van der Waals surface area contributed by atoms with Gasteiger partial charge in [0, 0.05) is 17.8 Å². The fourth-order valence-electron chi connectivity index (χ4n) is 2.32. The van der Waals surface area contributed by atoms with Crippen molar-refractivity contribution in [3.63, 3.8) is 0 Å². The number of rotatable bonds is 5. The highest BCUT2D eigenvalue weighted by atomic mass is 19.1. The third-order valence-electron chi connectivity index (χ3n) is 3.50. The van der Waals surface area contributed by atoms with Gasteiger partial charge in [-0.3, -0.25) is 0 Å². The predicted octanol–water partition coefficient (Wildman–Crippen LogP) is 3.87. The zero-order valence-corrected chi connectivity index (χ0v) is 13.4. The average Bonchev–Trinajstić information content (AvgIpc) is 2.63. The van der Waals surface area contributed by atoms with Crippen LogP contribution in [0.5, 0.6) is 5.75 Å². The Balaban J connectivity index is 1.93. The molecular weight excluding hydrogens is 340 g/mol. The van der Waals surface area contributed by atoms with E-state index < -0.39 is 11.6 Å². The molecule has 0 spiro atoms. The molecule has 0 amide bonds. The molecule has 130 valence electrons. The Morgan fingerprint density at radius 2 is 1.85 bits per heavy atom. The minimum Gasteiger partial charge on any atom is -0.508 e. The second-order valence-electron chi connectivity index (χ2n) is 5.27. The zero-order chi connectivity index (χ0) is 18.5. The summed E-state index contributed by atoms with van der Waals surface area (Å²) in [7, 11) is 0. The number of anilines is 4. The smallest absolute Gasteiger partial charge is 0.149 e. The summed E-state index contributed by atoms with van der Waals surface area (Å²) in [4.78, 5) is 9.48. The first-order valence-electron chi connectivity index (χ1n) is 7.54. The molecule has 2 N–H and O–H groups in total. The Labute approximate surface area is 148 Å². The summed E-state index contributed by atoms with van der Waals surface area (Å²) in [5.74, 6) is -0.696. The molecule has 0 aliphatic rings. The lowest BCUT2D eigenvalue weighted by molar-refractivity contribution is 0.475. The van der Waals surface area contributed by atoms with E-state index in [-0.39, 0.29) is 23.8 Å². The first-order chi connectivity index (χ1) is 12.6. The van der Waals surface area contributed by atoms with Crippen LogP contribution in [0.3, 0.4) is 0 Å². The second-order valence-corrected chi connectivity index (χ2v) is 5.27. The van der Waals surface area contributed by atoms with Gasteiger partial charge in [0.15, 0.2) is 0 Å². The number of aromatic hydroxyl groups is 1. The van der Waals surface area contributed by atoms with Gasteiger partial charge in [-0.2, -0.15) is 5.26 Å². The topological polar surface area (TPSA) is 85.1 Å². The van der Waals surface area contributed by atoms with Gasteiger partial charge in [0.25, 0.3) is 0 Å². The molecule has 6 nitrogen and oxygen atoms in total. The summed E-state index contributed by atoms with van der Waals surface area (Å²) in [5, 5.41) is 21.4. The molecule has 0 radical (unpaired) electrons. The lowest BCUT2D eigenvalue weighted by atomic mass is 10.2. The highest BCUT2D eigenvalue weighted by molar-refractivity contribution is 5.66. The monoisotopic (exact) mass is 353 g/mol. The predicted molar refractivity (Wildman–Crippen MR) is 92.4 cm³/mol. The number of halogens is 2. The van der Waals surface area contributed by atoms with Crippen molar-refractivity contribution in [2.75, 3.05) is 16.8 Å². The zero-order valence-electron chi connectivity index (χ0n) is 13.4. The van der Waals surface area contributed by atoms with Gasteiger partial charge in [0.1, 0.15) is 41.9 Å². The number of benzene rings is 2. The van der Waals surface area contributed by atoms with Crippen molar-refractivity contribution in [2.24, 2.45) is 0 Å². The number of hydrogen-bond donors (Lipinski definition) is 2. The van der Waals surface area contributed by atoms with Gasteiger partial charge < -0.3 is 15.3 Å². The van der Waals surface area contributed by atoms with Crippen LogP contribution in [0.4, 0.5) is 31.8 Å². The van der Waals surface area contributed by atoms with Crippen LogP contribution >= 0.6 is 0 Å². The third-order valence-corrected chi connectivity index (χ3v) is 3.50.